The Bertz CT molecular complexity index is 895. The molecule has 0 fully saturated rings. The molecule has 11 nitrogen and oxygen atoms in total. The first-order valence-corrected chi connectivity index (χ1v) is 8.27. The Morgan fingerprint density at radius 1 is 1.33 bits per heavy atom. The fourth-order valence-corrected chi connectivity index (χ4v) is 2.04. The predicted octanol–water partition coefficient (Wildman–Crippen LogP) is 2.02. The first-order chi connectivity index (χ1) is 13.0. The van der Waals surface area contributed by atoms with Gasteiger partial charge in [-0.2, -0.15) is 5.10 Å². The van der Waals surface area contributed by atoms with E-state index in [4.69, 9.17) is 9.47 Å². The average molecular weight is 376 g/mol. The van der Waals surface area contributed by atoms with Crippen LogP contribution in [0.1, 0.15) is 31.5 Å². The molecule has 11 heteroatoms. The van der Waals surface area contributed by atoms with E-state index in [0.717, 1.165) is 0 Å². The van der Waals surface area contributed by atoms with E-state index in [1.54, 1.807) is 13.0 Å². The Morgan fingerprint density at radius 3 is 2.74 bits per heavy atom. The van der Waals surface area contributed by atoms with Crippen molar-refractivity contribution in [2.75, 3.05) is 18.6 Å². The summed E-state index contributed by atoms with van der Waals surface area (Å²) in [4.78, 5) is 24.8. The number of benzene rings is 1. The highest BCUT2D eigenvalue weighted by atomic mass is 16.6. The maximum Gasteiger partial charge on any atom is 0.315 e. The predicted molar refractivity (Wildman–Crippen MR) is 98.7 cm³/mol. The number of aromatic nitrogens is 3. The van der Waals surface area contributed by atoms with Crippen molar-refractivity contribution in [3.05, 3.63) is 43.9 Å². The van der Waals surface area contributed by atoms with Crippen LogP contribution in [0.4, 0.5) is 11.6 Å². The van der Waals surface area contributed by atoms with Crippen molar-refractivity contribution in [2.45, 2.75) is 27.2 Å². The second-order valence-corrected chi connectivity index (χ2v) is 5.36. The van der Waals surface area contributed by atoms with Gasteiger partial charge in [0.15, 0.2) is 5.75 Å². The van der Waals surface area contributed by atoms with Crippen molar-refractivity contribution in [1.29, 1.82) is 0 Å². The topological polar surface area (TPSA) is 145 Å². The fourth-order valence-electron chi connectivity index (χ4n) is 2.04. The second kappa shape index (κ2) is 9.27. The summed E-state index contributed by atoms with van der Waals surface area (Å²) in [5.74, 6) is 0.386. The molecule has 0 bridgehead atoms. The van der Waals surface area contributed by atoms with E-state index < -0.39 is 10.5 Å². The van der Waals surface area contributed by atoms with Crippen LogP contribution in [0.2, 0.25) is 0 Å². The Balaban J connectivity index is 2.30. The first-order valence-electron chi connectivity index (χ1n) is 8.27. The number of hydrogen-bond acceptors (Lipinski definition) is 9. The van der Waals surface area contributed by atoms with Gasteiger partial charge in [-0.1, -0.05) is 6.92 Å². The summed E-state index contributed by atoms with van der Waals surface area (Å²) in [5, 5.41) is 22.7. The minimum Gasteiger partial charge on any atom is -0.490 e. The number of nitro groups is 1. The summed E-state index contributed by atoms with van der Waals surface area (Å²) in [6, 6.07) is 2.90. The highest BCUT2D eigenvalue weighted by molar-refractivity contribution is 5.83. The van der Waals surface area contributed by atoms with Gasteiger partial charge in [-0.15, -0.1) is 10.2 Å². The summed E-state index contributed by atoms with van der Waals surface area (Å²) in [6.45, 7) is 5.84. The highest BCUT2D eigenvalue weighted by Gasteiger charge is 2.22. The molecule has 1 aromatic heterocycles. The third-order valence-electron chi connectivity index (χ3n) is 3.25. The molecule has 0 aliphatic carbocycles. The summed E-state index contributed by atoms with van der Waals surface area (Å²) in [6.07, 6.45) is 2.03. The molecule has 1 heterocycles. The molecule has 2 rings (SSSR count). The Morgan fingerprint density at radius 2 is 2.11 bits per heavy atom. The number of aryl methyl sites for hydroxylation is 1. The third kappa shape index (κ3) is 5.23. The van der Waals surface area contributed by atoms with Crippen LogP contribution in [-0.4, -0.2) is 39.5 Å². The zero-order valence-electron chi connectivity index (χ0n) is 15.2. The quantitative estimate of drug-likeness (QED) is 0.384. The average Bonchev–Trinajstić information content (AvgIpc) is 2.63. The minimum atomic E-state index is -0.540. The smallest absolute Gasteiger partial charge is 0.315 e. The van der Waals surface area contributed by atoms with E-state index >= 15 is 0 Å². The molecule has 0 aliphatic heterocycles. The van der Waals surface area contributed by atoms with Crippen LogP contribution >= 0.6 is 0 Å². The van der Waals surface area contributed by atoms with E-state index in [1.807, 2.05) is 6.92 Å². The normalized spacial score (nSPS) is 10.8. The molecule has 0 unspecified atom stereocenters. The Labute approximate surface area is 154 Å². The van der Waals surface area contributed by atoms with E-state index in [-0.39, 0.29) is 28.8 Å². The number of rotatable bonds is 9. The Hall–Kier alpha value is -3.50. The number of ether oxygens (including phenoxy) is 2. The molecule has 0 aliphatic rings. The number of nitro benzene ring substituents is 1. The van der Waals surface area contributed by atoms with Crippen LogP contribution in [0, 0.1) is 17.0 Å². The zero-order chi connectivity index (χ0) is 19.8. The van der Waals surface area contributed by atoms with Gasteiger partial charge in [0.1, 0.15) is 5.69 Å². The highest BCUT2D eigenvalue weighted by Crippen LogP contribution is 2.38. The SMILES string of the molecule is CCCOc1c(OCC)cc(/C=N/Nc2nnc(C)c(=O)[nH]2)cc1[N+](=O)[O-]. The van der Waals surface area contributed by atoms with Gasteiger partial charge >= 0.3 is 5.69 Å². The van der Waals surface area contributed by atoms with Crippen molar-refractivity contribution in [3.8, 4) is 11.5 Å². The van der Waals surface area contributed by atoms with Gasteiger partial charge in [-0.3, -0.25) is 19.9 Å². The number of nitrogens with one attached hydrogen (secondary N) is 2. The van der Waals surface area contributed by atoms with Crippen LogP contribution in [-0.2, 0) is 0 Å². The molecule has 144 valence electrons. The van der Waals surface area contributed by atoms with E-state index in [1.165, 1.54) is 19.2 Å². The van der Waals surface area contributed by atoms with Crippen LogP contribution < -0.4 is 20.5 Å². The maximum atomic E-state index is 11.5. The van der Waals surface area contributed by atoms with Crippen LogP contribution in [0.5, 0.6) is 11.5 Å². The van der Waals surface area contributed by atoms with Crippen molar-refractivity contribution >= 4 is 17.9 Å². The second-order valence-electron chi connectivity index (χ2n) is 5.36. The van der Waals surface area contributed by atoms with E-state index in [2.05, 4.69) is 25.7 Å². The monoisotopic (exact) mass is 376 g/mol. The number of hydrogen-bond donors (Lipinski definition) is 2. The molecule has 0 spiro atoms. The molecular formula is C16H20N6O5. The molecular weight excluding hydrogens is 356 g/mol. The van der Waals surface area contributed by atoms with Gasteiger partial charge in [0.05, 0.1) is 24.4 Å². The number of anilines is 1. The van der Waals surface area contributed by atoms with Crippen molar-refractivity contribution in [3.63, 3.8) is 0 Å². The van der Waals surface area contributed by atoms with E-state index in [9.17, 15) is 14.9 Å². The number of nitrogens with zero attached hydrogens (tertiary/aromatic N) is 4. The molecule has 0 saturated carbocycles. The van der Waals surface area contributed by atoms with Crippen LogP contribution in [0.3, 0.4) is 0 Å². The lowest BCUT2D eigenvalue weighted by Crippen LogP contribution is -2.15. The fraction of sp³-hybridized carbons (Fsp3) is 0.375. The molecule has 2 aromatic rings. The first kappa shape index (κ1) is 19.8. The summed E-state index contributed by atoms with van der Waals surface area (Å²) < 4.78 is 11.0. The van der Waals surface area contributed by atoms with E-state index in [0.29, 0.717) is 25.2 Å². The lowest BCUT2D eigenvalue weighted by Gasteiger charge is -2.12. The molecule has 27 heavy (non-hydrogen) atoms. The molecule has 0 atom stereocenters. The minimum absolute atomic E-state index is 0.0456. The summed E-state index contributed by atoms with van der Waals surface area (Å²) in [5.41, 5.74) is 2.52. The van der Waals surface area contributed by atoms with Crippen LogP contribution in [0.15, 0.2) is 22.0 Å². The lowest BCUT2D eigenvalue weighted by atomic mass is 10.2. The summed E-state index contributed by atoms with van der Waals surface area (Å²) in [7, 11) is 0. The lowest BCUT2D eigenvalue weighted by molar-refractivity contribution is -0.386. The number of aromatic amines is 1. The van der Waals surface area contributed by atoms with Crippen molar-refractivity contribution < 1.29 is 14.4 Å². The zero-order valence-corrected chi connectivity index (χ0v) is 15.2. The number of H-pyrrole nitrogens is 1. The maximum absolute atomic E-state index is 11.5. The third-order valence-corrected chi connectivity index (χ3v) is 3.25. The van der Waals surface area contributed by atoms with Crippen molar-refractivity contribution in [1.82, 2.24) is 15.2 Å². The largest absolute Gasteiger partial charge is 0.490 e. The van der Waals surface area contributed by atoms with Gasteiger partial charge in [-0.25, -0.2) is 5.43 Å². The van der Waals surface area contributed by atoms with Crippen LogP contribution in [0.25, 0.3) is 0 Å². The standard InChI is InChI=1S/C16H20N6O5/c1-4-6-27-14-12(22(24)25)7-11(8-13(14)26-5-2)9-17-20-16-18-15(23)10(3)19-21-16/h7-9H,4-6H2,1-3H3,(H2,18,20,21,23)/b17-9+. The van der Waals surface area contributed by atoms with Gasteiger partial charge in [0.2, 0.25) is 11.7 Å². The van der Waals surface area contributed by atoms with Crippen molar-refractivity contribution in [2.24, 2.45) is 5.10 Å². The molecule has 1 aromatic carbocycles. The van der Waals surface area contributed by atoms with Gasteiger partial charge in [0.25, 0.3) is 5.56 Å². The molecule has 0 radical (unpaired) electrons. The molecule has 0 saturated heterocycles. The summed E-state index contributed by atoms with van der Waals surface area (Å²) >= 11 is 0. The van der Waals surface area contributed by atoms with Gasteiger partial charge < -0.3 is 9.47 Å². The Kier molecular flexibility index (Phi) is 6.80. The van der Waals surface area contributed by atoms with Gasteiger partial charge in [-0.05, 0) is 26.3 Å². The van der Waals surface area contributed by atoms with Gasteiger partial charge in [0, 0.05) is 11.6 Å². The number of hydrazone groups is 1. The molecule has 0 amide bonds. The molecule has 2 N–H and O–H groups in total.